The molecule has 5 rings (SSSR count). The summed E-state index contributed by atoms with van der Waals surface area (Å²) in [6.07, 6.45) is 8.74. The van der Waals surface area contributed by atoms with Gasteiger partial charge in [0.25, 0.3) is 5.89 Å². The van der Waals surface area contributed by atoms with Gasteiger partial charge in [-0.2, -0.15) is 0 Å². The van der Waals surface area contributed by atoms with E-state index < -0.39 is 0 Å². The Balaban J connectivity index is 1.36. The Morgan fingerprint density at radius 3 is 2.77 bits per heavy atom. The summed E-state index contributed by atoms with van der Waals surface area (Å²) in [5, 5.41) is 18.3. The Morgan fingerprint density at radius 2 is 2.03 bits per heavy atom. The smallest absolute Gasteiger partial charge is 0.257 e. The van der Waals surface area contributed by atoms with Crippen LogP contribution in [0.1, 0.15) is 61.4 Å². The highest BCUT2D eigenvalue weighted by molar-refractivity contribution is 7.98. The molecule has 0 aliphatic heterocycles. The van der Waals surface area contributed by atoms with E-state index in [4.69, 9.17) is 8.83 Å². The van der Waals surface area contributed by atoms with Crippen molar-refractivity contribution in [3.63, 3.8) is 0 Å². The molecule has 4 heterocycles. The van der Waals surface area contributed by atoms with Gasteiger partial charge in [-0.3, -0.25) is 4.57 Å². The van der Waals surface area contributed by atoms with Gasteiger partial charge in [0.2, 0.25) is 11.7 Å². The van der Waals surface area contributed by atoms with Crippen LogP contribution in [-0.4, -0.2) is 25.0 Å². The minimum atomic E-state index is 0.395. The van der Waals surface area contributed by atoms with Crippen molar-refractivity contribution in [2.75, 3.05) is 0 Å². The van der Waals surface area contributed by atoms with E-state index in [1.165, 1.54) is 29.7 Å². The lowest BCUT2D eigenvalue weighted by molar-refractivity contribution is 0.337. The topological polar surface area (TPSA) is 82.8 Å². The normalized spacial score (nSPS) is 15.0. The first-order valence-electron chi connectivity index (χ1n) is 10.8. The van der Waals surface area contributed by atoms with Gasteiger partial charge in [-0.15, -0.1) is 31.7 Å². The van der Waals surface area contributed by atoms with Crippen molar-refractivity contribution < 1.29 is 8.83 Å². The Hall–Kier alpha value is -2.39. The summed E-state index contributed by atoms with van der Waals surface area (Å²) in [5.41, 5.74) is 1.28. The van der Waals surface area contributed by atoms with Gasteiger partial charge in [0.05, 0.1) is 16.9 Å². The maximum absolute atomic E-state index is 5.96. The molecule has 0 N–H and O–H groups in total. The number of rotatable bonds is 7. The fourth-order valence-electron chi connectivity index (χ4n) is 4.13. The van der Waals surface area contributed by atoms with Gasteiger partial charge in [-0.1, -0.05) is 37.9 Å². The summed E-state index contributed by atoms with van der Waals surface area (Å²) in [6, 6.07) is 6.35. The van der Waals surface area contributed by atoms with E-state index in [-0.39, 0.29) is 0 Å². The Kier molecular flexibility index (Phi) is 5.95. The molecule has 9 heteroatoms. The quantitative estimate of drug-likeness (QED) is 0.302. The molecule has 0 amide bonds. The molecule has 162 valence electrons. The highest BCUT2D eigenvalue weighted by atomic mass is 32.2. The van der Waals surface area contributed by atoms with Crippen molar-refractivity contribution in [1.82, 2.24) is 25.0 Å². The molecular formula is C22H25N5O2S2. The van der Waals surface area contributed by atoms with E-state index in [0.717, 1.165) is 40.9 Å². The van der Waals surface area contributed by atoms with Crippen molar-refractivity contribution in [3.05, 3.63) is 40.8 Å². The molecule has 0 radical (unpaired) electrons. The number of hydrogen-bond donors (Lipinski definition) is 0. The molecule has 0 unspecified atom stereocenters. The van der Waals surface area contributed by atoms with E-state index in [9.17, 15) is 0 Å². The van der Waals surface area contributed by atoms with Crippen LogP contribution < -0.4 is 0 Å². The van der Waals surface area contributed by atoms with Gasteiger partial charge in [-0.05, 0) is 49.9 Å². The van der Waals surface area contributed by atoms with Crippen molar-refractivity contribution >= 4 is 23.1 Å². The number of thioether (sulfide) groups is 1. The van der Waals surface area contributed by atoms with E-state index in [2.05, 4.69) is 44.9 Å². The standard InChI is InChI=1S/C22H25N5O2S2/c1-3-17-14(2)12-18(31-17)21-25-23-19(29-21)13-30-22-26-24-20(16-10-7-11-28-16)27(22)15-8-5-4-6-9-15/h7,10-12,15H,3-6,8-9,13H2,1-2H3. The maximum atomic E-state index is 5.96. The molecule has 0 bridgehead atoms. The van der Waals surface area contributed by atoms with Gasteiger partial charge in [0.15, 0.2) is 10.9 Å². The largest absolute Gasteiger partial charge is 0.461 e. The molecule has 1 aliphatic rings. The van der Waals surface area contributed by atoms with Crippen molar-refractivity contribution in [2.45, 2.75) is 69.3 Å². The Bertz CT molecular complexity index is 1140. The van der Waals surface area contributed by atoms with Crippen LogP contribution in [0.4, 0.5) is 0 Å². The highest BCUT2D eigenvalue weighted by Gasteiger charge is 2.25. The summed E-state index contributed by atoms with van der Waals surface area (Å²) < 4.78 is 13.8. The molecule has 1 saturated carbocycles. The van der Waals surface area contributed by atoms with Crippen LogP contribution in [0.5, 0.6) is 0 Å². The van der Waals surface area contributed by atoms with Crippen LogP contribution in [0.25, 0.3) is 22.4 Å². The average Bonchev–Trinajstić information content (AvgIpc) is 3.58. The first kappa shape index (κ1) is 20.5. The van der Waals surface area contributed by atoms with Crippen molar-refractivity contribution in [2.24, 2.45) is 0 Å². The molecule has 0 aromatic carbocycles. The summed E-state index contributed by atoms with van der Waals surface area (Å²) in [6.45, 7) is 4.29. The fraction of sp³-hybridized carbons (Fsp3) is 0.455. The van der Waals surface area contributed by atoms with Crippen molar-refractivity contribution in [1.29, 1.82) is 0 Å². The highest BCUT2D eigenvalue weighted by Crippen LogP contribution is 2.37. The Morgan fingerprint density at radius 1 is 1.16 bits per heavy atom. The molecule has 7 nitrogen and oxygen atoms in total. The first-order chi connectivity index (χ1) is 15.2. The third kappa shape index (κ3) is 4.21. The molecule has 31 heavy (non-hydrogen) atoms. The summed E-state index contributed by atoms with van der Waals surface area (Å²) in [5.74, 6) is 3.30. The zero-order valence-corrected chi connectivity index (χ0v) is 19.3. The molecule has 1 aliphatic carbocycles. The summed E-state index contributed by atoms with van der Waals surface area (Å²) in [4.78, 5) is 2.39. The second-order valence-corrected chi connectivity index (χ2v) is 9.88. The third-order valence-corrected chi connectivity index (χ3v) is 7.99. The molecule has 0 saturated heterocycles. The SMILES string of the molecule is CCc1sc(-c2nnc(CSc3nnc(-c4ccco4)n3C3CCCCC3)o2)cc1C. The monoisotopic (exact) mass is 455 g/mol. The predicted octanol–water partition coefficient (Wildman–Crippen LogP) is 6.32. The second-order valence-electron chi connectivity index (χ2n) is 7.81. The zero-order chi connectivity index (χ0) is 21.2. The average molecular weight is 456 g/mol. The Labute approximate surface area is 189 Å². The van der Waals surface area contributed by atoms with E-state index in [0.29, 0.717) is 23.6 Å². The maximum Gasteiger partial charge on any atom is 0.257 e. The molecule has 4 aromatic heterocycles. The number of thiophene rings is 1. The van der Waals surface area contributed by atoms with Gasteiger partial charge in [0.1, 0.15) is 0 Å². The van der Waals surface area contributed by atoms with E-state index in [1.54, 1.807) is 29.4 Å². The lowest BCUT2D eigenvalue weighted by atomic mass is 9.95. The zero-order valence-electron chi connectivity index (χ0n) is 17.7. The lowest BCUT2D eigenvalue weighted by Crippen LogP contribution is -2.15. The number of nitrogens with zero attached hydrogens (tertiary/aromatic N) is 5. The van der Waals surface area contributed by atoms with E-state index >= 15 is 0 Å². The lowest BCUT2D eigenvalue weighted by Gasteiger charge is -2.25. The molecule has 0 spiro atoms. The van der Waals surface area contributed by atoms with Crippen LogP contribution in [0.2, 0.25) is 0 Å². The van der Waals surface area contributed by atoms with Crippen LogP contribution in [-0.2, 0) is 12.2 Å². The fourth-order valence-corrected chi connectivity index (χ4v) is 6.01. The number of hydrogen-bond acceptors (Lipinski definition) is 8. The minimum Gasteiger partial charge on any atom is -0.461 e. The molecule has 4 aromatic rings. The summed E-state index contributed by atoms with van der Waals surface area (Å²) >= 11 is 3.31. The number of aromatic nitrogens is 5. The second kappa shape index (κ2) is 9.00. The van der Waals surface area contributed by atoms with Crippen LogP contribution >= 0.6 is 23.1 Å². The van der Waals surface area contributed by atoms with Gasteiger partial charge < -0.3 is 8.83 Å². The molecule has 1 fully saturated rings. The minimum absolute atomic E-state index is 0.395. The third-order valence-electron chi connectivity index (χ3n) is 5.69. The van der Waals surface area contributed by atoms with E-state index in [1.807, 2.05) is 12.1 Å². The van der Waals surface area contributed by atoms with Gasteiger partial charge >= 0.3 is 0 Å². The predicted molar refractivity (Wildman–Crippen MR) is 121 cm³/mol. The first-order valence-corrected chi connectivity index (χ1v) is 12.6. The van der Waals surface area contributed by atoms with Crippen LogP contribution in [0, 0.1) is 6.92 Å². The van der Waals surface area contributed by atoms with Crippen molar-refractivity contribution in [3.8, 4) is 22.4 Å². The molecular weight excluding hydrogens is 430 g/mol. The number of furan rings is 1. The number of aryl methyl sites for hydroxylation is 2. The van der Waals surface area contributed by atoms with Crippen LogP contribution in [0.15, 0.2) is 38.5 Å². The van der Waals surface area contributed by atoms with Crippen LogP contribution in [0.3, 0.4) is 0 Å². The van der Waals surface area contributed by atoms with Gasteiger partial charge in [-0.25, -0.2) is 0 Å². The summed E-state index contributed by atoms with van der Waals surface area (Å²) in [7, 11) is 0. The van der Waals surface area contributed by atoms with Gasteiger partial charge in [0, 0.05) is 10.9 Å². The molecule has 0 atom stereocenters.